The van der Waals surface area contributed by atoms with E-state index in [9.17, 15) is 9.65 Å². The van der Waals surface area contributed by atoms with Gasteiger partial charge in [-0.25, -0.2) is 8.67 Å². The zero-order valence-corrected chi connectivity index (χ0v) is 20.0. The van der Waals surface area contributed by atoms with Crippen molar-refractivity contribution in [2.24, 2.45) is 0 Å². The molecule has 2 aliphatic heterocycles. The van der Waals surface area contributed by atoms with E-state index in [1.54, 1.807) is 6.07 Å². The van der Waals surface area contributed by atoms with Gasteiger partial charge in [0, 0.05) is 49.5 Å². The number of dihydropyridines is 1. The third-order valence-corrected chi connectivity index (χ3v) is 6.33. The predicted octanol–water partition coefficient (Wildman–Crippen LogP) is 4.95. The molecule has 4 rings (SSSR count). The van der Waals surface area contributed by atoms with Crippen LogP contribution in [0.4, 0.5) is 4.39 Å². The first-order chi connectivity index (χ1) is 15.7. The van der Waals surface area contributed by atoms with Gasteiger partial charge in [0.25, 0.3) is 0 Å². The van der Waals surface area contributed by atoms with Crippen molar-refractivity contribution < 1.29 is 8.67 Å². The van der Waals surface area contributed by atoms with E-state index in [-0.39, 0.29) is 11.9 Å². The van der Waals surface area contributed by atoms with E-state index in [0.29, 0.717) is 11.6 Å². The molecule has 0 spiro atoms. The number of nitriles is 1. The third-order valence-electron chi connectivity index (χ3n) is 5.78. The quantitative estimate of drug-likeness (QED) is 0.591. The largest absolute Gasteiger partial charge is 0.387 e. The van der Waals surface area contributed by atoms with Gasteiger partial charge >= 0.3 is 0 Å². The molecule has 0 amide bonds. The molecule has 1 atom stereocenters. The Morgan fingerprint density at radius 1 is 1.28 bits per heavy atom. The second-order valence-electron chi connectivity index (χ2n) is 7.81. The number of hydroxylamine groups is 2. The normalized spacial score (nSPS) is 21.1. The zero-order valence-electron chi connectivity index (χ0n) is 19.2. The Bertz CT molecular complexity index is 913. The Balaban J connectivity index is 0.00000141. The summed E-state index contributed by atoms with van der Waals surface area (Å²) < 4.78 is 19.7. The van der Waals surface area contributed by atoms with E-state index >= 15 is 0 Å². The lowest BCUT2D eigenvalue weighted by Gasteiger charge is -2.37. The number of hydrogen-bond donors (Lipinski definition) is 2. The van der Waals surface area contributed by atoms with Crippen LogP contribution in [0.5, 0.6) is 0 Å². The van der Waals surface area contributed by atoms with Gasteiger partial charge in [0.15, 0.2) is 0 Å². The first-order valence-electron chi connectivity index (χ1n) is 11.5. The molecule has 1 fully saturated rings. The minimum atomic E-state index is -0.368. The molecular weight excluding hydrogens is 423 g/mol. The molecule has 1 aromatic rings. The average Bonchev–Trinajstić information content (AvgIpc) is 2.84. The Labute approximate surface area is 195 Å². The van der Waals surface area contributed by atoms with Gasteiger partial charge in [0.2, 0.25) is 0 Å². The molecule has 3 aliphatic rings. The number of halogens is 1. The summed E-state index contributed by atoms with van der Waals surface area (Å²) in [6, 6.07) is 7.26. The van der Waals surface area contributed by atoms with Crippen molar-refractivity contribution in [2.45, 2.75) is 52.1 Å². The second kappa shape index (κ2) is 12.2. The van der Waals surface area contributed by atoms with Gasteiger partial charge in [-0.05, 0) is 72.0 Å². The highest BCUT2D eigenvalue weighted by molar-refractivity contribution is 7.94. The fourth-order valence-corrected chi connectivity index (χ4v) is 4.69. The number of allylic oxidation sites excluding steroid dienone is 3. The smallest absolute Gasteiger partial charge is 0.125 e. The van der Waals surface area contributed by atoms with Crippen LogP contribution in [-0.2, 0) is 4.28 Å². The lowest BCUT2D eigenvalue weighted by molar-refractivity contribution is -0.0587. The molecule has 172 valence electrons. The number of piperidine rings is 1. The van der Waals surface area contributed by atoms with Crippen molar-refractivity contribution in [1.82, 2.24) is 15.7 Å². The van der Waals surface area contributed by atoms with Crippen molar-refractivity contribution in [2.75, 3.05) is 25.4 Å². The Morgan fingerprint density at radius 2 is 2.06 bits per heavy atom. The first kappa shape index (κ1) is 24.5. The topological polar surface area (TPSA) is 60.3 Å². The zero-order chi connectivity index (χ0) is 22.9. The number of hydrogen-bond acceptors (Lipinski definition) is 6. The summed E-state index contributed by atoms with van der Waals surface area (Å²) in [6.07, 6.45) is 9.03. The van der Waals surface area contributed by atoms with Gasteiger partial charge in [-0.2, -0.15) is 10.3 Å². The van der Waals surface area contributed by atoms with Crippen molar-refractivity contribution in [3.63, 3.8) is 0 Å². The van der Waals surface area contributed by atoms with Crippen molar-refractivity contribution in [1.29, 1.82) is 5.26 Å². The molecule has 2 N–H and O–H groups in total. The number of rotatable bonds is 6. The Morgan fingerprint density at radius 3 is 2.78 bits per heavy atom. The summed E-state index contributed by atoms with van der Waals surface area (Å²) in [4.78, 5) is 0. The summed E-state index contributed by atoms with van der Waals surface area (Å²) >= 11 is 1.49. The highest BCUT2D eigenvalue weighted by atomic mass is 32.2. The van der Waals surface area contributed by atoms with E-state index in [4.69, 9.17) is 4.28 Å². The molecule has 0 aromatic heterocycles. The highest BCUT2D eigenvalue weighted by Crippen LogP contribution is 2.34. The number of nitrogens with zero attached hydrogens (tertiary/aromatic N) is 2. The monoisotopic (exact) mass is 456 g/mol. The van der Waals surface area contributed by atoms with Crippen LogP contribution in [0.15, 0.2) is 47.7 Å². The maximum atomic E-state index is 14.0. The molecular formula is C25H33FN4OS. The Kier molecular flexibility index (Phi) is 9.36. The molecule has 32 heavy (non-hydrogen) atoms. The molecule has 2 heterocycles. The van der Waals surface area contributed by atoms with E-state index in [0.717, 1.165) is 55.8 Å². The summed E-state index contributed by atoms with van der Waals surface area (Å²) in [5.41, 5.74) is 4.73. The van der Waals surface area contributed by atoms with Gasteiger partial charge < -0.3 is 10.6 Å². The van der Waals surface area contributed by atoms with E-state index < -0.39 is 0 Å². The molecule has 1 unspecified atom stereocenters. The number of benzene rings is 1. The summed E-state index contributed by atoms with van der Waals surface area (Å²) in [5, 5.41) is 18.4. The van der Waals surface area contributed by atoms with Crippen LogP contribution in [0.1, 0.15) is 51.2 Å². The SMILES string of the molecule is CC.CCSON1CCC(NC2CC(c3cc(F)cc(C#N)c3)=CC3=C2CNC=C3)CC1. The average molecular weight is 457 g/mol. The molecule has 0 bridgehead atoms. The fourth-order valence-electron chi connectivity index (χ4n) is 4.29. The molecule has 1 aromatic carbocycles. The van der Waals surface area contributed by atoms with Crippen LogP contribution in [-0.4, -0.2) is 42.5 Å². The van der Waals surface area contributed by atoms with Crippen LogP contribution >= 0.6 is 12.0 Å². The van der Waals surface area contributed by atoms with Crippen molar-refractivity contribution >= 4 is 17.6 Å². The summed E-state index contributed by atoms with van der Waals surface area (Å²) in [6.45, 7) is 8.73. The van der Waals surface area contributed by atoms with E-state index in [1.165, 1.54) is 35.3 Å². The lowest BCUT2D eigenvalue weighted by atomic mass is 9.83. The summed E-state index contributed by atoms with van der Waals surface area (Å²) in [5.74, 6) is 0.577. The van der Waals surface area contributed by atoms with Crippen LogP contribution in [0.2, 0.25) is 0 Å². The lowest BCUT2D eigenvalue weighted by Crippen LogP contribution is -2.48. The van der Waals surface area contributed by atoms with Crippen LogP contribution < -0.4 is 10.6 Å². The van der Waals surface area contributed by atoms with Crippen molar-refractivity contribution in [3.05, 3.63) is 64.6 Å². The molecule has 0 radical (unpaired) electrons. The maximum Gasteiger partial charge on any atom is 0.125 e. The minimum absolute atomic E-state index is 0.189. The molecule has 7 heteroatoms. The van der Waals surface area contributed by atoms with Crippen LogP contribution in [0.25, 0.3) is 5.57 Å². The molecule has 1 aliphatic carbocycles. The van der Waals surface area contributed by atoms with Gasteiger partial charge in [0.05, 0.1) is 11.6 Å². The van der Waals surface area contributed by atoms with E-state index in [1.807, 2.05) is 25.1 Å². The molecule has 5 nitrogen and oxygen atoms in total. The van der Waals surface area contributed by atoms with Gasteiger partial charge in [-0.3, -0.25) is 0 Å². The maximum absolute atomic E-state index is 14.0. The standard InChI is InChI=1S/C23H27FN4OS.C2H6/c1-2-30-29-28-7-4-21(5-8-28)27-23-13-19(11-17-3-6-26-15-22(17)23)18-9-16(14-25)10-20(24)12-18;1-2/h3,6,9-12,21,23,26-27H,2,4-5,7-8,13,15H2,1H3;1-2H3. The van der Waals surface area contributed by atoms with Crippen molar-refractivity contribution in [3.8, 4) is 6.07 Å². The van der Waals surface area contributed by atoms with Gasteiger partial charge in [0.1, 0.15) is 5.82 Å². The van der Waals surface area contributed by atoms with E-state index in [2.05, 4.69) is 35.8 Å². The Hall–Kier alpha value is -2.11. The summed E-state index contributed by atoms with van der Waals surface area (Å²) in [7, 11) is 0. The highest BCUT2D eigenvalue weighted by Gasteiger charge is 2.29. The third kappa shape index (κ3) is 6.23. The fraction of sp³-hybridized carbons (Fsp3) is 0.480. The minimum Gasteiger partial charge on any atom is -0.387 e. The number of nitrogens with one attached hydrogen (secondary N) is 2. The van der Waals surface area contributed by atoms with Gasteiger partial charge in [-0.15, -0.1) is 0 Å². The van der Waals surface area contributed by atoms with Gasteiger partial charge in [-0.1, -0.05) is 26.8 Å². The van der Waals surface area contributed by atoms with Crippen LogP contribution in [0, 0.1) is 17.1 Å². The second-order valence-corrected chi connectivity index (χ2v) is 8.77. The predicted molar refractivity (Wildman–Crippen MR) is 130 cm³/mol. The molecule has 0 saturated carbocycles. The first-order valence-corrected chi connectivity index (χ1v) is 12.4. The van der Waals surface area contributed by atoms with Crippen LogP contribution in [0.3, 0.4) is 0 Å². The molecule has 1 saturated heterocycles.